The maximum absolute atomic E-state index is 13.6. The van der Waals surface area contributed by atoms with Gasteiger partial charge in [0.15, 0.2) is 17.7 Å². The van der Waals surface area contributed by atoms with E-state index in [1.54, 1.807) is 19.1 Å². The summed E-state index contributed by atoms with van der Waals surface area (Å²) in [4.78, 5) is 28.9. The first kappa shape index (κ1) is 35.4. The van der Waals surface area contributed by atoms with Gasteiger partial charge >= 0.3 is 18.1 Å². The van der Waals surface area contributed by atoms with E-state index in [0.29, 0.717) is 24.8 Å². The third kappa shape index (κ3) is 9.98. The molecule has 0 radical (unpaired) electrons. The molecule has 0 fully saturated rings. The Morgan fingerprint density at radius 3 is 2.13 bits per heavy atom. The van der Waals surface area contributed by atoms with Gasteiger partial charge < -0.3 is 19.3 Å². The number of hydrogen-bond acceptors (Lipinski definition) is 8. The van der Waals surface area contributed by atoms with Crippen LogP contribution in [0.3, 0.4) is 0 Å². The number of ether oxygens (including phenoxy) is 3. The first-order valence-corrected chi connectivity index (χ1v) is 14.5. The number of aromatic nitrogens is 1. The van der Waals surface area contributed by atoms with Crippen molar-refractivity contribution in [3.8, 4) is 11.5 Å². The Balaban J connectivity index is 1.79. The fourth-order valence-electron chi connectivity index (χ4n) is 5.14. The molecular weight excluding hydrogens is 596 g/mol. The normalized spacial score (nSPS) is 15.0. The van der Waals surface area contributed by atoms with Gasteiger partial charge in [-0.3, -0.25) is 19.9 Å². The van der Waals surface area contributed by atoms with Gasteiger partial charge in [0.1, 0.15) is 23.7 Å². The molecule has 0 bridgehead atoms. The Hall–Kier alpha value is -4.03. The van der Waals surface area contributed by atoms with Gasteiger partial charge in [-0.05, 0) is 68.0 Å². The van der Waals surface area contributed by atoms with Crippen LogP contribution in [0.4, 0.5) is 17.6 Å². The second-order valence-corrected chi connectivity index (χ2v) is 10.8. The number of halogens is 4. The average Bonchev–Trinajstić information content (AvgIpc) is 2.99. The van der Waals surface area contributed by atoms with Crippen LogP contribution < -0.4 is 14.8 Å². The molecule has 0 aliphatic heterocycles. The van der Waals surface area contributed by atoms with Crippen molar-refractivity contribution >= 4 is 11.9 Å². The van der Waals surface area contributed by atoms with E-state index >= 15 is 0 Å². The molecule has 3 rings (SSSR count). The smallest absolute Gasteiger partial charge is 0.416 e. The number of aliphatic hydroxyl groups is 1. The SMILES string of the molecule is CC[C@H](Cc1ccc(C(F)(F)F)cc1)[C@@H](Cc1ccc(F)cc1)[C@H](C)OC(=O)[C@H](C)NC(O)c1nccc(OC)c1OC(C)=O. The van der Waals surface area contributed by atoms with Crippen LogP contribution in [0, 0.1) is 17.7 Å². The molecule has 0 aliphatic carbocycles. The maximum atomic E-state index is 13.6. The summed E-state index contributed by atoms with van der Waals surface area (Å²) >= 11 is 0. The summed E-state index contributed by atoms with van der Waals surface area (Å²) in [6.07, 6.45) is -3.84. The predicted molar refractivity (Wildman–Crippen MR) is 158 cm³/mol. The zero-order valence-corrected chi connectivity index (χ0v) is 25.7. The lowest BCUT2D eigenvalue weighted by atomic mass is 9.78. The van der Waals surface area contributed by atoms with E-state index in [2.05, 4.69) is 10.3 Å². The third-order valence-corrected chi connectivity index (χ3v) is 7.58. The minimum absolute atomic E-state index is 0.0750. The Bertz CT molecular complexity index is 1420. The lowest BCUT2D eigenvalue weighted by Gasteiger charge is -2.32. The van der Waals surface area contributed by atoms with Crippen molar-refractivity contribution in [2.24, 2.45) is 11.8 Å². The van der Waals surface area contributed by atoms with Crippen LogP contribution in [0.15, 0.2) is 60.8 Å². The lowest BCUT2D eigenvalue weighted by molar-refractivity contribution is -0.155. The highest BCUT2D eigenvalue weighted by Gasteiger charge is 2.33. The van der Waals surface area contributed by atoms with Crippen LogP contribution in [-0.4, -0.2) is 41.3 Å². The molecule has 1 unspecified atom stereocenters. The van der Waals surface area contributed by atoms with Crippen molar-refractivity contribution in [2.45, 2.75) is 71.5 Å². The molecule has 0 saturated heterocycles. The van der Waals surface area contributed by atoms with Gasteiger partial charge in [0.25, 0.3) is 0 Å². The number of nitrogens with zero attached hydrogens (tertiary/aromatic N) is 1. The lowest BCUT2D eigenvalue weighted by Crippen LogP contribution is -2.42. The molecule has 3 aromatic rings. The van der Waals surface area contributed by atoms with E-state index in [1.807, 2.05) is 6.92 Å². The van der Waals surface area contributed by atoms with Gasteiger partial charge in [-0.15, -0.1) is 0 Å². The standard InChI is InChI=1S/C33H38F4N2O6/c1-6-24(17-22-7-11-25(12-8-22)33(35,36)37)27(18-23-9-13-26(34)14-10-23)20(3)44-32(42)19(2)39-31(41)29-30(45-21(4)40)28(43-5)15-16-38-29/h7-16,19-20,24,27,31,39,41H,6,17-18H2,1-5H3/t19-,20-,24+,27-,31?/m0/s1. The zero-order valence-electron chi connectivity index (χ0n) is 25.7. The van der Waals surface area contributed by atoms with Crippen LogP contribution in [0.25, 0.3) is 0 Å². The van der Waals surface area contributed by atoms with Crippen molar-refractivity contribution < 1.29 is 46.5 Å². The summed E-state index contributed by atoms with van der Waals surface area (Å²) in [6.45, 7) is 6.34. The Labute approximate surface area is 259 Å². The van der Waals surface area contributed by atoms with Gasteiger partial charge in [-0.25, -0.2) is 4.39 Å². The van der Waals surface area contributed by atoms with E-state index in [4.69, 9.17) is 14.2 Å². The fourth-order valence-corrected chi connectivity index (χ4v) is 5.14. The number of carbonyl (C=O) groups is 2. The molecule has 12 heteroatoms. The van der Waals surface area contributed by atoms with Crippen molar-refractivity contribution in [1.29, 1.82) is 0 Å². The van der Waals surface area contributed by atoms with Crippen molar-refractivity contribution in [1.82, 2.24) is 10.3 Å². The Morgan fingerprint density at radius 1 is 0.978 bits per heavy atom. The number of esters is 2. The second-order valence-electron chi connectivity index (χ2n) is 10.8. The van der Waals surface area contributed by atoms with Crippen molar-refractivity contribution in [3.63, 3.8) is 0 Å². The zero-order chi connectivity index (χ0) is 33.3. The van der Waals surface area contributed by atoms with E-state index in [9.17, 15) is 32.3 Å². The van der Waals surface area contributed by atoms with Gasteiger partial charge in [0, 0.05) is 25.1 Å². The van der Waals surface area contributed by atoms with Gasteiger partial charge in [0.2, 0.25) is 0 Å². The molecule has 1 aromatic heterocycles. The summed E-state index contributed by atoms with van der Waals surface area (Å²) in [5, 5.41) is 13.5. The minimum atomic E-state index is -4.44. The minimum Gasteiger partial charge on any atom is -0.493 e. The second kappa shape index (κ2) is 15.8. The number of nitrogens with one attached hydrogen (secondary N) is 1. The first-order chi connectivity index (χ1) is 21.2. The van der Waals surface area contributed by atoms with E-state index in [1.165, 1.54) is 57.5 Å². The van der Waals surface area contributed by atoms with Crippen LogP contribution in [0.5, 0.6) is 11.5 Å². The molecule has 0 aliphatic rings. The van der Waals surface area contributed by atoms with Crippen LogP contribution in [0.1, 0.15) is 62.7 Å². The number of carbonyl (C=O) groups excluding carboxylic acids is 2. The van der Waals surface area contributed by atoms with Gasteiger partial charge in [-0.1, -0.05) is 37.6 Å². The quantitative estimate of drug-likeness (QED) is 0.123. The first-order valence-electron chi connectivity index (χ1n) is 14.5. The average molecular weight is 635 g/mol. The number of alkyl halides is 3. The predicted octanol–water partition coefficient (Wildman–Crippen LogP) is 6.20. The van der Waals surface area contributed by atoms with Gasteiger partial charge in [-0.2, -0.15) is 13.2 Å². The Kier molecular flexibility index (Phi) is 12.5. The maximum Gasteiger partial charge on any atom is 0.416 e. The molecular formula is C33H38F4N2O6. The topological polar surface area (TPSA) is 107 Å². The molecule has 0 spiro atoms. The van der Waals surface area contributed by atoms with Crippen LogP contribution in [-0.2, 0) is 33.3 Å². The number of hydrogen-bond donors (Lipinski definition) is 2. The molecule has 45 heavy (non-hydrogen) atoms. The molecule has 0 amide bonds. The summed E-state index contributed by atoms with van der Waals surface area (Å²) in [5.41, 5.74) is 0.690. The van der Waals surface area contributed by atoms with Crippen LogP contribution >= 0.6 is 0 Å². The summed E-state index contributed by atoms with van der Waals surface area (Å²) in [7, 11) is 1.36. The third-order valence-electron chi connectivity index (χ3n) is 7.58. The van der Waals surface area contributed by atoms with Crippen molar-refractivity contribution in [3.05, 3.63) is 89.0 Å². The van der Waals surface area contributed by atoms with Crippen LogP contribution in [0.2, 0.25) is 0 Å². The number of methoxy groups -OCH3 is 1. The molecule has 2 aromatic carbocycles. The molecule has 244 valence electrons. The highest BCUT2D eigenvalue weighted by atomic mass is 19.4. The highest BCUT2D eigenvalue weighted by molar-refractivity contribution is 5.75. The highest BCUT2D eigenvalue weighted by Crippen LogP contribution is 2.34. The summed E-state index contributed by atoms with van der Waals surface area (Å²) in [5.74, 6) is -2.10. The summed E-state index contributed by atoms with van der Waals surface area (Å²) in [6, 6.07) is 11.3. The fraction of sp³-hybridized carbons (Fsp3) is 0.424. The summed E-state index contributed by atoms with van der Waals surface area (Å²) < 4.78 is 69.1. The number of benzene rings is 2. The molecule has 8 nitrogen and oxygen atoms in total. The van der Waals surface area contributed by atoms with E-state index in [0.717, 1.165) is 17.7 Å². The van der Waals surface area contributed by atoms with Gasteiger partial charge in [0.05, 0.1) is 12.7 Å². The molecule has 1 heterocycles. The Morgan fingerprint density at radius 2 is 1.58 bits per heavy atom. The number of aliphatic hydroxyl groups excluding tert-OH is 1. The van der Waals surface area contributed by atoms with E-state index < -0.39 is 47.9 Å². The number of rotatable bonds is 14. The molecule has 0 saturated carbocycles. The van der Waals surface area contributed by atoms with Crippen molar-refractivity contribution in [2.75, 3.05) is 7.11 Å². The largest absolute Gasteiger partial charge is 0.493 e. The molecule has 2 N–H and O–H groups in total. The van der Waals surface area contributed by atoms with E-state index in [-0.39, 0.29) is 29.0 Å². The number of pyridine rings is 1. The molecule has 5 atom stereocenters. The monoisotopic (exact) mass is 634 g/mol.